The number of hydrogen-bond acceptors (Lipinski definition) is 4. The van der Waals surface area contributed by atoms with Crippen LogP contribution in [0, 0.1) is 13.8 Å². The molecule has 1 N–H and O–H groups in total. The zero-order chi connectivity index (χ0) is 16.6. The predicted molar refractivity (Wildman–Crippen MR) is 88.5 cm³/mol. The smallest absolute Gasteiger partial charge is 0.244 e. The molecular weight excluding hydrogens is 316 g/mol. The first-order valence-electron chi connectivity index (χ1n) is 8.36. The molecule has 1 amide bonds. The molecule has 1 saturated carbocycles. The standard InChI is InChI=1S/C16H25ClN4O2/c1-11-16(17)12(2)21(18-11)10-15(23)20-8-6-19(7-9-20)13-4-3-5-14(13)22/h13-14,22H,3-10H2,1-2H3/t13-,14-/m0/s1. The van der Waals surface area contributed by atoms with Gasteiger partial charge in [0.25, 0.3) is 0 Å². The number of carbonyl (C=O) groups excluding carboxylic acids is 1. The number of nitrogens with zero attached hydrogens (tertiary/aromatic N) is 4. The molecule has 1 aliphatic carbocycles. The zero-order valence-electron chi connectivity index (χ0n) is 13.8. The molecule has 0 radical (unpaired) electrons. The molecule has 0 spiro atoms. The lowest BCUT2D eigenvalue weighted by Gasteiger charge is -2.39. The normalized spacial score (nSPS) is 26.0. The molecule has 2 atom stereocenters. The fourth-order valence-corrected chi connectivity index (χ4v) is 3.84. The highest BCUT2D eigenvalue weighted by molar-refractivity contribution is 6.31. The number of halogens is 1. The molecule has 23 heavy (non-hydrogen) atoms. The van der Waals surface area contributed by atoms with Crippen molar-refractivity contribution >= 4 is 17.5 Å². The second-order valence-electron chi connectivity index (χ2n) is 6.62. The number of aliphatic hydroxyl groups is 1. The van der Waals surface area contributed by atoms with Crippen molar-refractivity contribution in [2.24, 2.45) is 0 Å². The van der Waals surface area contributed by atoms with E-state index in [4.69, 9.17) is 11.6 Å². The lowest BCUT2D eigenvalue weighted by molar-refractivity contribution is -0.134. The third-order valence-corrected chi connectivity index (χ3v) is 5.71. The molecule has 7 heteroatoms. The van der Waals surface area contributed by atoms with Crippen molar-refractivity contribution in [3.05, 3.63) is 16.4 Å². The molecule has 2 heterocycles. The minimum absolute atomic E-state index is 0.0823. The van der Waals surface area contributed by atoms with Crippen molar-refractivity contribution < 1.29 is 9.90 Å². The number of hydrogen-bond donors (Lipinski definition) is 1. The quantitative estimate of drug-likeness (QED) is 0.898. The summed E-state index contributed by atoms with van der Waals surface area (Å²) in [7, 11) is 0. The van der Waals surface area contributed by atoms with E-state index in [1.54, 1.807) is 4.68 Å². The van der Waals surface area contributed by atoms with Gasteiger partial charge in [-0.25, -0.2) is 0 Å². The highest BCUT2D eigenvalue weighted by Crippen LogP contribution is 2.25. The molecular formula is C16H25ClN4O2. The van der Waals surface area contributed by atoms with Gasteiger partial charge in [0.1, 0.15) is 6.54 Å². The van der Waals surface area contributed by atoms with E-state index in [0.717, 1.165) is 56.8 Å². The van der Waals surface area contributed by atoms with Gasteiger partial charge < -0.3 is 10.0 Å². The average Bonchev–Trinajstić information content (AvgIpc) is 3.07. The van der Waals surface area contributed by atoms with Crippen LogP contribution in [0.15, 0.2) is 0 Å². The van der Waals surface area contributed by atoms with E-state index >= 15 is 0 Å². The minimum Gasteiger partial charge on any atom is -0.391 e. The number of aryl methyl sites for hydroxylation is 1. The first kappa shape index (κ1) is 16.7. The van der Waals surface area contributed by atoms with E-state index in [1.165, 1.54) is 0 Å². The van der Waals surface area contributed by atoms with Crippen molar-refractivity contribution in [1.29, 1.82) is 0 Å². The average molecular weight is 341 g/mol. The van der Waals surface area contributed by atoms with E-state index in [2.05, 4.69) is 10.00 Å². The van der Waals surface area contributed by atoms with Crippen molar-refractivity contribution in [1.82, 2.24) is 19.6 Å². The first-order valence-corrected chi connectivity index (χ1v) is 8.74. The maximum Gasteiger partial charge on any atom is 0.244 e. The molecule has 6 nitrogen and oxygen atoms in total. The van der Waals surface area contributed by atoms with Gasteiger partial charge in [-0.05, 0) is 33.1 Å². The number of carbonyl (C=O) groups is 1. The molecule has 1 aromatic rings. The fourth-order valence-electron chi connectivity index (χ4n) is 3.71. The van der Waals surface area contributed by atoms with E-state index < -0.39 is 0 Å². The minimum atomic E-state index is -0.200. The topological polar surface area (TPSA) is 61.6 Å². The summed E-state index contributed by atoms with van der Waals surface area (Å²) in [6, 6.07) is 0.280. The van der Waals surface area contributed by atoms with Crippen LogP contribution in [0.1, 0.15) is 30.7 Å². The van der Waals surface area contributed by atoms with Gasteiger partial charge in [0.2, 0.25) is 5.91 Å². The Bertz CT molecular complexity index is 581. The molecule has 1 aromatic heterocycles. The lowest BCUT2D eigenvalue weighted by Crippen LogP contribution is -2.54. The van der Waals surface area contributed by atoms with Gasteiger partial charge in [0.15, 0.2) is 0 Å². The summed E-state index contributed by atoms with van der Waals surface area (Å²) in [5, 5.41) is 15.0. The summed E-state index contributed by atoms with van der Waals surface area (Å²) in [6.45, 7) is 7.09. The number of aliphatic hydroxyl groups excluding tert-OH is 1. The molecule has 1 saturated heterocycles. The van der Waals surface area contributed by atoms with Gasteiger partial charge in [-0.1, -0.05) is 11.6 Å². The number of amides is 1. The highest BCUT2D eigenvalue weighted by Gasteiger charge is 2.33. The van der Waals surface area contributed by atoms with Gasteiger partial charge in [-0.3, -0.25) is 14.4 Å². The first-order chi connectivity index (χ1) is 11.0. The Morgan fingerprint density at radius 2 is 1.96 bits per heavy atom. The molecule has 2 fully saturated rings. The summed E-state index contributed by atoms with van der Waals surface area (Å²) in [4.78, 5) is 16.7. The Labute approximate surface area is 142 Å². The van der Waals surface area contributed by atoms with E-state index in [9.17, 15) is 9.90 Å². The van der Waals surface area contributed by atoms with Crippen molar-refractivity contribution in [3.63, 3.8) is 0 Å². The van der Waals surface area contributed by atoms with Crippen molar-refractivity contribution in [2.75, 3.05) is 26.2 Å². The summed E-state index contributed by atoms with van der Waals surface area (Å²) < 4.78 is 1.69. The SMILES string of the molecule is Cc1nn(CC(=O)N2CCN([C@H]3CCC[C@@H]3O)CC2)c(C)c1Cl. The molecule has 2 aliphatic rings. The fraction of sp³-hybridized carbons (Fsp3) is 0.750. The van der Waals surface area contributed by atoms with Gasteiger partial charge >= 0.3 is 0 Å². The Hall–Kier alpha value is -1.11. The van der Waals surface area contributed by atoms with Crippen LogP contribution in [0.2, 0.25) is 5.02 Å². The Balaban J connectivity index is 1.55. The monoisotopic (exact) mass is 340 g/mol. The number of piperazine rings is 1. The predicted octanol–water partition coefficient (Wildman–Crippen LogP) is 1.21. The van der Waals surface area contributed by atoms with E-state index in [0.29, 0.717) is 5.02 Å². The molecule has 0 aromatic carbocycles. The van der Waals surface area contributed by atoms with Crippen LogP contribution in [0.5, 0.6) is 0 Å². The molecule has 0 unspecified atom stereocenters. The van der Waals surface area contributed by atoms with Gasteiger partial charge in [0, 0.05) is 32.2 Å². The third-order valence-electron chi connectivity index (χ3n) is 5.16. The molecule has 0 bridgehead atoms. The largest absolute Gasteiger partial charge is 0.391 e. The maximum atomic E-state index is 12.5. The van der Waals surface area contributed by atoms with Crippen LogP contribution in [0.4, 0.5) is 0 Å². The number of aromatic nitrogens is 2. The summed E-state index contributed by atoms with van der Waals surface area (Å²) >= 11 is 6.13. The van der Waals surface area contributed by atoms with Gasteiger partial charge in [-0.15, -0.1) is 0 Å². The second kappa shape index (κ2) is 6.79. The van der Waals surface area contributed by atoms with Crippen molar-refractivity contribution in [3.8, 4) is 0 Å². The van der Waals surface area contributed by atoms with Crippen LogP contribution in [-0.4, -0.2) is 68.9 Å². The van der Waals surface area contributed by atoms with E-state index in [-0.39, 0.29) is 24.6 Å². The zero-order valence-corrected chi connectivity index (χ0v) is 14.6. The Morgan fingerprint density at radius 3 is 2.48 bits per heavy atom. The van der Waals surface area contributed by atoms with Crippen LogP contribution in [-0.2, 0) is 11.3 Å². The maximum absolute atomic E-state index is 12.5. The highest BCUT2D eigenvalue weighted by atomic mass is 35.5. The van der Waals surface area contributed by atoms with Gasteiger partial charge in [0.05, 0.1) is 22.5 Å². The van der Waals surface area contributed by atoms with Crippen LogP contribution >= 0.6 is 11.6 Å². The number of rotatable bonds is 3. The summed E-state index contributed by atoms with van der Waals surface area (Å²) in [5.41, 5.74) is 1.60. The summed E-state index contributed by atoms with van der Waals surface area (Å²) in [5.74, 6) is 0.0823. The molecule has 1 aliphatic heterocycles. The second-order valence-corrected chi connectivity index (χ2v) is 7.00. The van der Waals surface area contributed by atoms with Crippen LogP contribution in [0.25, 0.3) is 0 Å². The Kier molecular flexibility index (Phi) is 4.94. The molecule has 128 valence electrons. The van der Waals surface area contributed by atoms with Crippen LogP contribution in [0.3, 0.4) is 0 Å². The summed E-state index contributed by atoms with van der Waals surface area (Å²) in [6.07, 6.45) is 2.88. The lowest BCUT2D eigenvalue weighted by atomic mass is 10.1. The van der Waals surface area contributed by atoms with Crippen molar-refractivity contribution in [2.45, 2.75) is 51.8 Å². The van der Waals surface area contributed by atoms with E-state index in [1.807, 2.05) is 18.7 Å². The van der Waals surface area contributed by atoms with Crippen LogP contribution < -0.4 is 0 Å². The molecule has 3 rings (SSSR count). The Morgan fingerprint density at radius 1 is 1.26 bits per heavy atom. The third kappa shape index (κ3) is 3.39. The van der Waals surface area contributed by atoms with Gasteiger partial charge in [-0.2, -0.15) is 5.10 Å².